The molecule has 0 atom stereocenters. The fourth-order valence-electron chi connectivity index (χ4n) is 6.65. The minimum atomic E-state index is -4.55. The van der Waals surface area contributed by atoms with Crippen LogP contribution in [0.15, 0.2) is 119 Å². The Balaban J connectivity index is 1.37. The Bertz CT molecular complexity index is 2730. The molecule has 0 spiro atoms. The molecule has 0 amide bonds. The van der Waals surface area contributed by atoms with Gasteiger partial charge in [-0.15, -0.1) is 0 Å². The van der Waals surface area contributed by atoms with Crippen LogP contribution in [-0.2, 0) is 9.84 Å². The van der Waals surface area contributed by atoms with Crippen molar-refractivity contribution in [2.24, 2.45) is 0 Å². The summed E-state index contributed by atoms with van der Waals surface area (Å²) in [7, 11) is -4.55. The topological polar surface area (TPSA) is 369 Å². The van der Waals surface area contributed by atoms with Crippen molar-refractivity contribution in [3.8, 4) is 23.0 Å². The van der Waals surface area contributed by atoms with Crippen molar-refractivity contribution in [2.45, 2.75) is 24.4 Å². The third kappa shape index (κ3) is 9.95. The molecule has 23 heteroatoms. The van der Waals surface area contributed by atoms with Crippen LogP contribution in [0.2, 0.25) is 0 Å². The molecule has 8 N–H and O–H groups in total. The van der Waals surface area contributed by atoms with Gasteiger partial charge in [-0.2, -0.15) is 0 Å². The van der Waals surface area contributed by atoms with Crippen LogP contribution in [0.1, 0.15) is 95.7 Å². The highest BCUT2D eigenvalue weighted by Crippen LogP contribution is 2.38. The van der Waals surface area contributed by atoms with Crippen LogP contribution in [-0.4, -0.2) is 109 Å². The van der Waals surface area contributed by atoms with Gasteiger partial charge < -0.3 is 59.8 Å². The minimum absolute atomic E-state index is 0.317. The van der Waals surface area contributed by atoms with Crippen LogP contribution in [0.3, 0.4) is 0 Å². The molecule has 2 aliphatic rings. The SMILES string of the molecule is O=C(O)c1ccc(OC2(Oc3ccc(C(=O)O)c(C(=O)O)c3)C=CC(S(=O)(=O)C3=CCC(Oc4ccc(C(=O)O)c(C(=O)O)c4)(Oc4ccc(C(=O)O)c(C(=O)O)c4)C=C3)=CC2)cc1C(=O)O. The summed E-state index contributed by atoms with van der Waals surface area (Å²) in [5.41, 5.74) is -5.31. The van der Waals surface area contributed by atoms with E-state index in [0.717, 1.165) is 109 Å². The zero-order valence-corrected chi connectivity index (χ0v) is 34.3. The molecule has 0 saturated carbocycles. The molecule has 0 bridgehead atoms. The number of hydrogen-bond acceptors (Lipinski definition) is 14. The Morgan fingerprint density at radius 1 is 0.373 bits per heavy atom. The molecule has 22 nitrogen and oxygen atoms in total. The van der Waals surface area contributed by atoms with Gasteiger partial charge in [-0.1, -0.05) is 12.2 Å². The van der Waals surface area contributed by atoms with Gasteiger partial charge in [-0.25, -0.2) is 46.8 Å². The summed E-state index contributed by atoms with van der Waals surface area (Å²) < 4.78 is 52.5. The molecular weight excluding hydrogens is 913 g/mol. The Hall–Kier alpha value is -9.25. The van der Waals surface area contributed by atoms with Gasteiger partial charge in [0.1, 0.15) is 23.0 Å². The molecule has 0 unspecified atom stereocenters. The van der Waals surface area contributed by atoms with Gasteiger partial charge in [0.25, 0.3) is 11.6 Å². The van der Waals surface area contributed by atoms with Gasteiger partial charge in [0.05, 0.1) is 54.3 Å². The predicted octanol–water partition coefficient (Wildman–Crippen LogP) is 5.38. The molecule has 0 heterocycles. The Labute approximate surface area is 374 Å². The summed E-state index contributed by atoms with van der Waals surface area (Å²) in [6.07, 6.45) is 5.23. The van der Waals surface area contributed by atoms with Gasteiger partial charge in [0.15, 0.2) is 0 Å². The first-order chi connectivity index (χ1) is 31.4. The van der Waals surface area contributed by atoms with Crippen LogP contribution in [0, 0.1) is 0 Å². The van der Waals surface area contributed by atoms with Gasteiger partial charge in [0, 0.05) is 25.0 Å². The second-order valence-electron chi connectivity index (χ2n) is 14.1. The van der Waals surface area contributed by atoms with Crippen LogP contribution < -0.4 is 18.9 Å². The molecule has 0 fully saturated rings. The van der Waals surface area contributed by atoms with Crippen molar-refractivity contribution in [3.05, 3.63) is 164 Å². The van der Waals surface area contributed by atoms with E-state index in [-0.39, 0.29) is 23.0 Å². The lowest BCUT2D eigenvalue weighted by Crippen LogP contribution is -2.42. The van der Waals surface area contributed by atoms with E-state index in [0.29, 0.717) is 0 Å². The lowest BCUT2D eigenvalue weighted by atomic mass is 10.0. The number of sulfone groups is 1. The van der Waals surface area contributed by atoms with Crippen LogP contribution >= 0.6 is 0 Å². The molecule has 0 aromatic heterocycles. The maximum Gasteiger partial charge on any atom is 0.336 e. The number of benzene rings is 4. The Kier molecular flexibility index (Phi) is 12.8. The standard InChI is InChI=1S/C44H30O22S/c45-35(46)27-5-1-21(17-31(27)39(53)54)63-43(64-22-2-6-28(36(47)48)32(18-22)40(55)56)13-9-25(10-14-43)67(61,62)26-11-15-44(16-12-26,65-23-3-7-29(37(49)50)33(19-23)41(57)58)66-24-4-8-30(38(51)52)34(20-24)42(59)60/h1-13,15,17-20H,14,16H2,(H,45,46)(H,47,48)(H,49,50)(H,51,52)(H,53,54)(H,55,56)(H,57,58)(H,59,60). The summed E-state index contributed by atoms with van der Waals surface area (Å²) in [6.45, 7) is 0. The zero-order valence-electron chi connectivity index (χ0n) is 33.5. The summed E-state index contributed by atoms with van der Waals surface area (Å²) in [5, 5.41) is 76.7. The molecule has 0 aliphatic heterocycles. The van der Waals surface area contributed by atoms with E-state index in [9.17, 15) is 87.6 Å². The highest BCUT2D eigenvalue weighted by molar-refractivity contribution is 7.99. The smallest absolute Gasteiger partial charge is 0.336 e. The number of hydrogen-bond donors (Lipinski definition) is 8. The molecular formula is C44H30O22S. The maximum absolute atomic E-state index is 14.2. The number of carboxylic acids is 8. The molecule has 4 aromatic carbocycles. The first-order valence-electron chi connectivity index (χ1n) is 18.7. The Morgan fingerprint density at radius 3 is 0.776 bits per heavy atom. The van der Waals surface area contributed by atoms with Crippen molar-refractivity contribution in [2.75, 3.05) is 0 Å². The lowest BCUT2D eigenvalue weighted by Gasteiger charge is -2.34. The highest BCUT2D eigenvalue weighted by atomic mass is 32.2. The van der Waals surface area contributed by atoms with Crippen LogP contribution in [0.5, 0.6) is 23.0 Å². The summed E-state index contributed by atoms with van der Waals surface area (Å²) >= 11 is 0. The number of ether oxygens (including phenoxy) is 4. The number of aromatic carboxylic acids is 8. The van der Waals surface area contributed by atoms with Crippen LogP contribution in [0.25, 0.3) is 0 Å². The first-order valence-corrected chi connectivity index (χ1v) is 20.2. The number of rotatable bonds is 18. The normalized spacial score (nSPS) is 14.6. The summed E-state index contributed by atoms with van der Waals surface area (Å²) in [5.74, 6) is -18.5. The Morgan fingerprint density at radius 2 is 0.597 bits per heavy atom. The molecule has 2 aliphatic carbocycles. The van der Waals surface area contributed by atoms with E-state index >= 15 is 0 Å². The zero-order chi connectivity index (χ0) is 49.2. The van der Waals surface area contributed by atoms with Crippen molar-refractivity contribution in [3.63, 3.8) is 0 Å². The molecule has 4 aromatic rings. The molecule has 344 valence electrons. The van der Waals surface area contributed by atoms with Crippen molar-refractivity contribution in [1.82, 2.24) is 0 Å². The van der Waals surface area contributed by atoms with E-state index in [4.69, 9.17) is 18.9 Å². The van der Waals surface area contributed by atoms with Gasteiger partial charge >= 0.3 is 47.8 Å². The second kappa shape index (κ2) is 18.1. The highest BCUT2D eigenvalue weighted by Gasteiger charge is 2.40. The molecule has 67 heavy (non-hydrogen) atoms. The third-order valence-electron chi connectivity index (χ3n) is 9.77. The van der Waals surface area contributed by atoms with Gasteiger partial charge in [-0.3, -0.25) is 0 Å². The van der Waals surface area contributed by atoms with E-state index in [1.165, 1.54) is 0 Å². The average Bonchev–Trinajstić information content (AvgIpc) is 3.26. The summed E-state index contributed by atoms with van der Waals surface area (Å²) in [6, 6.07) is 11.3. The molecule has 0 radical (unpaired) electrons. The quantitative estimate of drug-likeness (QED) is 0.0580. The van der Waals surface area contributed by atoms with Gasteiger partial charge in [0.2, 0.25) is 9.84 Å². The van der Waals surface area contributed by atoms with Crippen molar-refractivity contribution < 1.29 is 107 Å². The minimum Gasteiger partial charge on any atom is -0.478 e. The second-order valence-corrected chi connectivity index (χ2v) is 16.0. The largest absolute Gasteiger partial charge is 0.478 e. The van der Waals surface area contributed by atoms with E-state index in [2.05, 4.69) is 0 Å². The monoisotopic (exact) mass is 942 g/mol. The van der Waals surface area contributed by atoms with E-state index in [1.54, 1.807) is 0 Å². The average molecular weight is 943 g/mol. The van der Waals surface area contributed by atoms with E-state index < -0.39 is 136 Å². The fraction of sp³-hybridized carbons (Fsp3) is 0.0909. The number of carbonyl (C=O) groups is 8. The maximum atomic E-state index is 14.2. The fourth-order valence-corrected chi connectivity index (χ4v) is 8.03. The van der Waals surface area contributed by atoms with Gasteiger partial charge in [-0.05, 0) is 84.9 Å². The summed E-state index contributed by atoms with van der Waals surface area (Å²) in [4.78, 5) is 93.8. The molecule has 0 saturated heterocycles. The molecule has 6 rings (SSSR count). The number of allylic oxidation sites excluding steroid dienone is 2. The van der Waals surface area contributed by atoms with Crippen molar-refractivity contribution >= 4 is 57.6 Å². The van der Waals surface area contributed by atoms with Crippen molar-refractivity contribution in [1.29, 1.82) is 0 Å². The number of carboxylic acid groups (broad SMARTS) is 8. The predicted molar refractivity (Wildman–Crippen MR) is 222 cm³/mol. The van der Waals surface area contributed by atoms with Crippen LogP contribution in [0.4, 0.5) is 0 Å². The van der Waals surface area contributed by atoms with E-state index in [1.807, 2.05) is 0 Å². The third-order valence-corrected chi connectivity index (χ3v) is 11.6. The first kappa shape index (κ1) is 47.2. The lowest BCUT2D eigenvalue weighted by molar-refractivity contribution is -0.0693.